The molecule has 3 atom stereocenters. The van der Waals surface area contributed by atoms with Crippen LogP contribution in [0.4, 0.5) is 5.69 Å². The van der Waals surface area contributed by atoms with Crippen molar-refractivity contribution in [1.29, 1.82) is 0 Å². The lowest BCUT2D eigenvalue weighted by Gasteiger charge is -2.26. The first-order chi connectivity index (χ1) is 19.5. The summed E-state index contributed by atoms with van der Waals surface area (Å²) in [5.74, 6) is -1.51. The minimum atomic E-state index is -1.14. The third kappa shape index (κ3) is 6.19. The molecule has 0 saturated carbocycles. The highest BCUT2D eigenvalue weighted by atomic mass is 16.3. The van der Waals surface area contributed by atoms with Gasteiger partial charge >= 0.3 is 0 Å². The molecule has 0 aromatic heterocycles. The average molecular weight is 532 g/mol. The van der Waals surface area contributed by atoms with Crippen LogP contribution in [0.3, 0.4) is 0 Å². The van der Waals surface area contributed by atoms with Crippen LogP contribution in [0.1, 0.15) is 28.7 Å². The maximum absolute atomic E-state index is 13.8. The van der Waals surface area contributed by atoms with E-state index in [1.54, 1.807) is 7.05 Å². The normalized spacial score (nSPS) is 16.4. The molecule has 0 aliphatic carbocycles. The van der Waals surface area contributed by atoms with Crippen LogP contribution in [-0.4, -0.2) is 41.9 Å². The fourth-order valence-electron chi connectivity index (χ4n) is 5.12. The van der Waals surface area contributed by atoms with Crippen molar-refractivity contribution in [2.45, 2.75) is 31.5 Å². The van der Waals surface area contributed by atoms with Crippen molar-refractivity contribution in [3.05, 3.63) is 138 Å². The van der Waals surface area contributed by atoms with Crippen molar-refractivity contribution in [2.24, 2.45) is 10.9 Å². The molecule has 0 fully saturated rings. The molecule has 4 aromatic carbocycles. The molecular weight excluding hydrogens is 498 g/mol. The molecule has 1 aliphatic rings. The molecule has 202 valence electrons. The molecule has 2 amide bonds. The number of hydrogen-bond donors (Lipinski definition) is 2. The smallest absolute Gasteiger partial charge is 0.272 e. The zero-order chi connectivity index (χ0) is 27.9. The summed E-state index contributed by atoms with van der Waals surface area (Å²) in [4.78, 5) is 33.8. The van der Waals surface area contributed by atoms with E-state index >= 15 is 0 Å². The minimum Gasteiger partial charge on any atom is -0.392 e. The van der Waals surface area contributed by atoms with Crippen LogP contribution in [0.25, 0.3) is 0 Å². The molecule has 0 bridgehead atoms. The lowest BCUT2D eigenvalue weighted by Crippen LogP contribution is -2.50. The Morgan fingerprint density at radius 2 is 1.43 bits per heavy atom. The van der Waals surface area contributed by atoms with Gasteiger partial charge in [0.1, 0.15) is 0 Å². The van der Waals surface area contributed by atoms with Gasteiger partial charge in [0.2, 0.25) is 12.1 Å². The number of aliphatic imine (C=N–C) groups is 1. The number of carbonyl (C=O) groups is 2. The largest absolute Gasteiger partial charge is 0.392 e. The van der Waals surface area contributed by atoms with E-state index in [4.69, 9.17) is 4.99 Å². The first-order valence-electron chi connectivity index (χ1n) is 13.6. The van der Waals surface area contributed by atoms with Gasteiger partial charge in [0.25, 0.3) is 5.91 Å². The number of nitrogens with one attached hydrogen (secondary N) is 1. The number of anilines is 1. The molecule has 40 heavy (non-hydrogen) atoms. The number of aliphatic hydroxyl groups excluding tert-OH is 1. The van der Waals surface area contributed by atoms with Crippen molar-refractivity contribution in [2.75, 3.05) is 11.9 Å². The van der Waals surface area contributed by atoms with Crippen LogP contribution in [-0.2, 0) is 22.4 Å². The number of amides is 2. The van der Waals surface area contributed by atoms with E-state index in [0.717, 1.165) is 27.9 Å². The van der Waals surface area contributed by atoms with E-state index in [-0.39, 0.29) is 5.91 Å². The number of fused-ring (bicyclic) bond motifs is 1. The summed E-state index contributed by atoms with van der Waals surface area (Å²) in [5, 5.41) is 14.2. The second kappa shape index (κ2) is 12.5. The lowest BCUT2D eigenvalue weighted by molar-refractivity contribution is -0.132. The number of aliphatic hydroxyl groups is 1. The lowest BCUT2D eigenvalue weighted by atomic mass is 9.89. The average Bonchev–Trinajstić information content (AvgIpc) is 3.10. The van der Waals surface area contributed by atoms with Gasteiger partial charge in [-0.05, 0) is 36.5 Å². The summed E-state index contributed by atoms with van der Waals surface area (Å²) in [7, 11) is 1.69. The van der Waals surface area contributed by atoms with E-state index in [2.05, 4.69) is 5.32 Å². The molecule has 4 aromatic rings. The number of para-hydroxylation sites is 1. The summed E-state index contributed by atoms with van der Waals surface area (Å²) in [6.07, 6.45) is -0.655. The predicted molar refractivity (Wildman–Crippen MR) is 158 cm³/mol. The van der Waals surface area contributed by atoms with E-state index in [0.29, 0.717) is 25.0 Å². The fourth-order valence-corrected chi connectivity index (χ4v) is 5.12. The Balaban J connectivity index is 1.44. The number of nitrogens with zero attached hydrogens (tertiary/aromatic N) is 2. The second-order valence-corrected chi connectivity index (χ2v) is 10.1. The molecule has 1 aliphatic heterocycles. The van der Waals surface area contributed by atoms with Crippen LogP contribution < -0.4 is 10.2 Å². The highest BCUT2D eigenvalue weighted by Gasteiger charge is 2.34. The summed E-state index contributed by atoms with van der Waals surface area (Å²) in [5.41, 5.74) is 5.03. The zero-order valence-corrected chi connectivity index (χ0v) is 22.5. The van der Waals surface area contributed by atoms with Gasteiger partial charge in [-0.1, -0.05) is 109 Å². The van der Waals surface area contributed by atoms with Crippen molar-refractivity contribution in [3.63, 3.8) is 0 Å². The first-order valence-corrected chi connectivity index (χ1v) is 13.6. The Morgan fingerprint density at radius 1 is 0.850 bits per heavy atom. The quantitative estimate of drug-likeness (QED) is 0.326. The first kappa shape index (κ1) is 27.0. The van der Waals surface area contributed by atoms with Gasteiger partial charge in [-0.15, -0.1) is 0 Å². The molecule has 6 nitrogen and oxygen atoms in total. The highest BCUT2D eigenvalue weighted by molar-refractivity contribution is 6.20. The van der Waals surface area contributed by atoms with Gasteiger partial charge in [-0.2, -0.15) is 0 Å². The van der Waals surface area contributed by atoms with Gasteiger partial charge in [-0.3, -0.25) is 9.59 Å². The Labute approximate surface area is 235 Å². The molecule has 0 spiro atoms. The van der Waals surface area contributed by atoms with E-state index in [9.17, 15) is 14.7 Å². The van der Waals surface area contributed by atoms with Crippen LogP contribution >= 0.6 is 0 Å². The molecule has 2 unspecified atom stereocenters. The van der Waals surface area contributed by atoms with Crippen molar-refractivity contribution in [3.8, 4) is 0 Å². The van der Waals surface area contributed by atoms with Gasteiger partial charge in [0, 0.05) is 18.2 Å². The van der Waals surface area contributed by atoms with Crippen molar-refractivity contribution < 1.29 is 14.7 Å². The Hall–Kier alpha value is -4.55. The molecular formula is C34H33N3O3. The highest BCUT2D eigenvalue weighted by Crippen LogP contribution is 2.27. The standard InChI is InChI=1S/C34H33N3O3/c1-37-29-20-12-11-19-27(29)31(26-17-9-4-10-18-26)35-32(34(37)40)36-33(39)28(23-25-15-7-3-8-16-25)30(38)22-21-24-13-5-2-6-14-24/h2-20,28,30,32,38H,21-23H2,1H3,(H,36,39)/t28-,30?,32?/m1/s1. The number of benzodiazepines with no additional fused rings is 1. The van der Waals surface area contributed by atoms with Crippen molar-refractivity contribution in [1.82, 2.24) is 5.32 Å². The molecule has 1 heterocycles. The second-order valence-electron chi connectivity index (χ2n) is 10.1. The SMILES string of the molecule is CN1C(=O)C(NC(=O)[C@H](Cc2ccccc2)C(O)CCc2ccccc2)N=C(c2ccccc2)c2ccccc21. The van der Waals surface area contributed by atoms with Crippen LogP contribution in [0, 0.1) is 5.92 Å². The number of benzene rings is 4. The Kier molecular flexibility index (Phi) is 8.47. The maximum atomic E-state index is 13.8. The molecule has 0 radical (unpaired) electrons. The summed E-state index contributed by atoms with van der Waals surface area (Å²) in [6, 6.07) is 36.8. The van der Waals surface area contributed by atoms with Crippen molar-refractivity contribution >= 4 is 23.2 Å². The maximum Gasteiger partial charge on any atom is 0.272 e. The van der Waals surface area contributed by atoms with Gasteiger partial charge in [0.05, 0.1) is 23.4 Å². The van der Waals surface area contributed by atoms with Gasteiger partial charge < -0.3 is 15.3 Å². The summed E-state index contributed by atoms with van der Waals surface area (Å²) < 4.78 is 0. The van der Waals surface area contributed by atoms with Gasteiger partial charge in [0.15, 0.2) is 0 Å². The number of likely N-dealkylation sites (N-methyl/N-ethyl adjacent to an activating group) is 1. The molecule has 2 N–H and O–H groups in total. The zero-order valence-electron chi connectivity index (χ0n) is 22.5. The minimum absolute atomic E-state index is 0.342. The molecule has 0 saturated heterocycles. The van der Waals surface area contributed by atoms with Crippen LogP contribution in [0.15, 0.2) is 120 Å². The monoisotopic (exact) mass is 531 g/mol. The Bertz CT molecular complexity index is 1470. The van der Waals surface area contributed by atoms with E-state index in [1.165, 1.54) is 4.90 Å². The fraction of sp³-hybridized carbons (Fsp3) is 0.206. The number of hydrogen-bond acceptors (Lipinski definition) is 4. The number of carbonyl (C=O) groups excluding carboxylic acids is 2. The summed E-state index contributed by atoms with van der Waals surface area (Å²) in [6.45, 7) is 0. The van der Waals surface area contributed by atoms with Gasteiger partial charge in [-0.25, -0.2) is 4.99 Å². The third-order valence-corrected chi connectivity index (χ3v) is 7.34. The third-order valence-electron chi connectivity index (χ3n) is 7.34. The van der Waals surface area contributed by atoms with E-state index in [1.807, 2.05) is 115 Å². The Morgan fingerprint density at radius 3 is 2.10 bits per heavy atom. The van der Waals surface area contributed by atoms with E-state index < -0.39 is 24.1 Å². The molecule has 6 heteroatoms. The predicted octanol–water partition coefficient (Wildman–Crippen LogP) is 4.80. The van der Waals surface area contributed by atoms with Crippen LogP contribution in [0.2, 0.25) is 0 Å². The number of aryl methyl sites for hydroxylation is 1. The topological polar surface area (TPSA) is 82.0 Å². The van der Waals surface area contributed by atoms with Crippen LogP contribution in [0.5, 0.6) is 0 Å². The molecule has 5 rings (SSSR count). The number of rotatable bonds is 9. The summed E-state index contributed by atoms with van der Waals surface area (Å²) >= 11 is 0.